The van der Waals surface area contributed by atoms with Gasteiger partial charge in [-0.15, -0.1) is 0 Å². The lowest BCUT2D eigenvalue weighted by Gasteiger charge is -1.65. The van der Waals surface area contributed by atoms with Gasteiger partial charge in [0, 0.05) is 10.7 Å². The van der Waals surface area contributed by atoms with Crippen molar-refractivity contribution in [3.63, 3.8) is 0 Å². The summed E-state index contributed by atoms with van der Waals surface area (Å²) < 4.78 is 25.2. The Morgan fingerprint density at radius 2 is 0.900 bits per heavy atom. The van der Waals surface area contributed by atoms with Gasteiger partial charge in [0.15, 0.2) is 0 Å². The Labute approximate surface area is 94.6 Å². The lowest BCUT2D eigenvalue weighted by molar-refractivity contribution is -0.00100. The first-order chi connectivity index (χ1) is 2.00. The molecule has 0 radical (unpaired) electrons. The fraction of sp³-hybridized carbons (Fsp3) is 0. The van der Waals surface area contributed by atoms with E-state index in [1.807, 2.05) is 0 Å². The fourth-order valence-corrected chi connectivity index (χ4v) is 0. The van der Waals surface area contributed by atoms with Gasteiger partial charge >= 0.3 is 9.33 Å². The summed E-state index contributed by atoms with van der Waals surface area (Å²) in [6.45, 7) is 0. The van der Waals surface area contributed by atoms with Crippen LogP contribution >= 0.6 is 10.7 Å². The Hall–Kier alpha value is 1.65. The van der Waals surface area contributed by atoms with Crippen molar-refractivity contribution in [2.75, 3.05) is 0 Å². The summed E-state index contributed by atoms with van der Waals surface area (Å²) in [5.74, 6) is 0. The third kappa shape index (κ3) is 265. The third-order valence-electron chi connectivity index (χ3n) is 0. The highest BCUT2D eigenvalue weighted by Gasteiger charge is 1.86. The number of hydrogen-bond acceptors (Lipinski definition) is 2. The van der Waals surface area contributed by atoms with Crippen LogP contribution in [0.4, 0.5) is 0 Å². The average molecular weight is 294 g/mol. The minimum atomic E-state index is -4.19. The van der Waals surface area contributed by atoms with Gasteiger partial charge in [-0.2, -0.15) is 8.42 Å². The van der Waals surface area contributed by atoms with Crippen LogP contribution in [-0.2, 0) is 9.33 Å². The minimum absolute atomic E-state index is 0. The Morgan fingerprint density at radius 1 is 0.900 bits per heavy atom. The summed E-state index contributed by atoms with van der Waals surface area (Å²) in [7, 11) is -0.137. The lowest BCUT2D eigenvalue weighted by Crippen LogP contribution is -3.00. The van der Waals surface area contributed by atoms with E-state index in [1.165, 1.54) is 0 Å². The zero-order chi connectivity index (χ0) is 4.50. The van der Waals surface area contributed by atoms with Crippen LogP contribution in [0, 0.1) is 0 Å². The first kappa shape index (κ1) is 41.4. The highest BCUT2D eigenvalue weighted by molar-refractivity contribution is 8.09. The van der Waals surface area contributed by atoms with Gasteiger partial charge in [-0.1, -0.05) is 0 Å². The van der Waals surface area contributed by atoms with Crippen LogP contribution in [0.1, 0.15) is 0 Å². The Kier molecular flexibility index (Phi) is 70.1. The second kappa shape index (κ2) is 16.9. The molecule has 0 aliphatic carbocycles. The van der Waals surface area contributed by atoms with Crippen LogP contribution in [0.5, 0.6) is 0 Å². The largest absolute Gasteiger partial charge is 1.00 e. The standard InChI is InChI=1S/ClHO3S.5ClH/c1-5(2,3)4;;;;;/h(H,2,3,4);5*1H/p-5. The Bertz CT molecular complexity index is 96.2. The normalized spacial score (nSPS) is 5.80. The molecule has 0 saturated carbocycles. The molecule has 0 aromatic heterocycles. The topological polar surface area (TPSA) is 54.4 Å². The molecule has 0 atom stereocenters. The van der Waals surface area contributed by atoms with Gasteiger partial charge in [0.25, 0.3) is 0 Å². The first-order valence-corrected chi connectivity index (χ1v) is 2.94. The molecule has 0 rings (SSSR count). The molecule has 10 heavy (non-hydrogen) atoms. The van der Waals surface area contributed by atoms with Crippen molar-refractivity contribution in [3.05, 3.63) is 0 Å². The maximum Gasteiger partial charge on any atom is 0.353 e. The highest BCUT2D eigenvalue weighted by atomic mass is 35.7. The van der Waals surface area contributed by atoms with Crippen LogP contribution in [0.15, 0.2) is 0 Å². The van der Waals surface area contributed by atoms with Gasteiger partial charge in [0.05, 0.1) is 0 Å². The SMILES string of the molecule is O=S(=O)(O)Cl.[Cl-].[Cl-].[Cl-].[Cl-].[Cl-]. The maximum absolute atomic E-state index is 8.95. The zero-order valence-electron chi connectivity index (χ0n) is 3.94. The molecule has 0 heterocycles. The number of hydrogen-bond donors (Lipinski definition) is 1. The van der Waals surface area contributed by atoms with E-state index in [9.17, 15) is 0 Å². The van der Waals surface area contributed by atoms with Crippen molar-refractivity contribution < 1.29 is 75.0 Å². The molecule has 0 unspecified atom stereocenters. The van der Waals surface area contributed by atoms with E-state index < -0.39 is 9.33 Å². The summed E-state index contributed by atoms with van der Waals surface area (Å²) in [5, 5.41) is 0. The smallest absolute Gasteiger partial charge is 0.353 e. The molecule has 3 nitrogen and oxygen atoms in total. The molecule has 0 aliphatic heterocycles. The van der Waals surface area contributed by atoms with Crippen molar-refractivity contribution in [1.82, 2.24) is 0 Å². The van der Waals surface area contributed by atoms with Crippen molar-refractivity contribution in [2.24, 2.45) is 0 Å². The van der Waals surface area contributed by atoms with E-state index >= 15 is 0 Å². The molecule has 0 aliphatic rings. The monoisotopic (exact) mass is 291 g/mol. The molecule has 0 bridgehead atoms. The van der Waals surface area contributed by atoms with Gasteiger partial charge in [0.1, 0.15) is 0 Å². The van der Waals surface area contributed by atoms with Crippen LogP contribution < -0.4 is 62.0 Å². The first-order valence-electron chi connectivity index (χ1n) is 0.670. The van der Waals surface area contributed by atoms with Crippen LogP contribution in [-0.4, -0.2) is 13.0 Å². The maximum atomic E-state index is 8.95. The second-order valence-corrected chi connectivity index (χ2v) is 2.41. The summed E-state index contributed by atoms with van der Waals surface area (Å²) in [6.07, 6.45) is 0. The van der Waals surface area contributed by atoms with Gasteiger partial charge < -0.3 is 62.0 Å². The predicted octanol–water partition coefficient (Wildman–Crippen LogP) is -15.0. The molecular weight excluding hydrogens is 293 g/mol. The molecule has 72 valence electrons. The number of halogens is 6. The van der Waals surface area contributed by atoms with E-state index in [1.54, 1.807) is 0 Å². The quantitative estimate of drug-likeness (QED) is 0.356. The molecule has 0 aromatic rings. The van der Waals surface area contributed by atoms with Crippen molar-refractivity contribution in [1.29, 1.82) is 0 Å². The molecule has 0 aromatic carbocycles. The average Bonchev–Trinajstić information content (AvgIpc) is 0.722. The van der Waals surface area contributed by atoms with Gasteiger partial charge in [0.2, 0.25) is 0 Å². The predicted molar refractivity (Wildman–Crippen MR) is 17.4 cm³/mol. The minimum Gasteiger partial charge on any atom is -1.00 e. The Morgan fingerprint density at radius 3 is 0.900 bits per heavy atom. The van der Waals surface area contributed by atoms with E-state index in [0.717, 1.165) is 0 Å². The number of rotatable bonds is 0. The summed E-state index contributed by atoms with van der Waals surface area (Å²) in [4.78, 5) is 0. The van der Waals surface area contributed by atoms with E-state index in [4.69, 9.17) is 13.0 Å². The Balaban J connectivity index is -0.00000000800. The molecule has 0 fully saturated rings. The van der Waals surface area contributed by atoms with Crippen LogP contribution in [0.3, 0.4) is 0 Å². The highest BCUT2D eigenvalue weighted by Crippen LogP contribution is 1.82. The van der Waals surface area contributed by atoms with Crippen molar-refractivity contribution in [3.8, 4) is 0 Å². The summed E-state index contributed by atoms with van der Waals surface area (Å²) in [6, 6.07) is 0. The molecule has 0 saturated heterocycles. The van der Waals surface area contributed by atoms with Crippen LogP contribution in [0.25, 0.3) is 0 Å². The molecule has 0 spiro atoms. The molecule has 0 amide bonds. The van der Waals surface area contributed by atoms with E-state index in [0.29, 0.717) is 0 Å². The van der Waals surface area contributed by atoms with Crippen LogP contribution in [0.2, 0.25) is 0 Å². The fourth-order valence-electron chi connectivity index (χ4n) is 0. The zero-order valence-corrected chi connectivity index (χ0v) is 9.29. The van der Waals surface area contributed by atoms with E-state index in [-0.39, 0.29) is 62.0 Å². The van der Waals surface area contributed by atoms with Gasteiger partial charge in [-0.05, 0) is 0 Å². The summed E-state index contributed by atoms with van der Waals surface area (Å²) >= 11 is 0. The van der Waals surface area contributed by atoms with Crippen molar-refractivity contribution in [2.45, 2.75) is 0 Å². The third-order valence-corrected chi connectivity index (χ3v) is 0. The molecule has 10 heteroatoms. The van der Waals surface area contributed by atoms with Crippen molar-refractivity contribution >= 4 is 20.0 Å². The summed E-state index contributed by atoms with van der Waals surface area (Å²) in [5.41, 5.74) is 0. The molecular formula is HCl6O3S-5. The lowest BCUT2D eigenvalue weighted by atomic mass is 15.9. The van der Waals surface area contributed by atoms with Gasteiger partial charge in [-0.3, -0.25) is 4.55 Å². The van der Waals surface area contributed by atoms with Gasteiger partial charge in [-0.25, -0.2) is 0 Å². The van der Waals surface area contributed by atoms with E-state index in [2.05, 4.69) is 10.7 Å². The molecule has 1 N–H and O–H groups in total. The second-order valence-electron chi connectivity index (χ2n) is 0.412.